The van der Waals surface area contributed by atoms with Crippen molar-refractivity contribution in [3.8, 4) is 0 Å². The maximum absolute atomic E-state index is 12.4. The first kappa shape index (κ1) is 13.3. The van der Waals surface area contributed by atoms with Gasteiger partial charge in [0.15, 0.2) is 5.78 Å². The van der Waals surface area contributed by atoms with Gasteiger partial charge in [-0.05, 0) is 31.2 Å². The quantitative estimate of drug-likeness (QED) is 0.871. The van der Waals surface area contributed by atoms with Crippen LogP contribution in [0.3, 0.4) is 0 Å². The predicted octanol–water partition coefficient (Wildman–Crippen LogP) is 3.58. The van der Waals surface area contributed by atoms with Crippen LogP contribution in [0.1, 0.15) is 31.8 Å². The van der Waals surface area contributed by atoms with E-state index in [-0.39, 0.29) is 16.9 Å². The maximum atomic E-state index is 12.4. The normalized spacial score (nSPS) is 10.2. The number of aromatic carboxylic acids is 1. The lowest BCUT2D eigenvalue weighted by atomic mass is 9.97. The molecule has 96 valence electrons. The number of rotatable bonds is 3. The van der Waals surface area contributed by atoms with Crippen molar-refractivity contribution in [3.05, 3.63) is 69.7 Å². The Hall–Kier alpha value is -2.13. The van der Waals surface area contributed by atoms with Crippen LogP contribution in [-0.2, 0) is 0 Å². The van der Waals surface area contributed by atoms with Crippen LogP contribution in [-0.4, -0.2) is 16.9 Å². The van der Waals surface area contributed by atoms with Gasteiger partial charge >= 0.3 is 5.97 Å². The number of carbonyl (C=O) groups is 2. The van der Waals surface area contributed by atoms with Gasteiger partial charge in [-0.1, -0.05) is 35.4 Å². The Morgan fingerprint density at radius 2 is 1.79 bits per heavy atom. The highest BCUT2D eigenvalue weighted by Gasteiger charge is 2.18. The molecule has 2 rings (SSSR count). The molecule has 0 saturated carbocycles. The van der Waals surface area contributed by atoms with Gasteiger partial charge in [-0.25, -0.2) is 4.79 Å². The summed E-state index contributed by atoms with van der Waals surface area (Å²) in [5.41, 5.74) is 1.44. The highest BCUT2D eigenvalue weighted by molar-refractivity contribution is 6.31. The van der Waals surface area contributed by atoms with E-state index in [2.05, 4.69) is 0 Å². The topological polar surface area (TPSA) is 54.4 Å². The minimum atomic E-state index is -1.15. The summed E-state index contributed by atoms with van der Waals surface area (Å²) in [5.74, 6) is -1.49. The van der Waals surface area contributed by atoms with Crippen molar-refractivity contribution in [3.63, 3.8) is 0 Å². The van der Waals surface area contributed by atoms with Crippen molar-refractivity contribution >= 4 is 23.4 Å². The van der Waals surface area contributed by atoms with Gasteiger partial charge in [0.25, 0.3) is 0 Å². The second kappa shape index (κ2) is 5.24. The predicted molar refractivity (Wildman–Crippen MR) is 73.0 cm³/mol. The number of carboxylic acids is 1. The third-order valence-corrected chi connectivity index (χ3v) is 2.97. The number of benzene rings is 2. The van der Waals surface area contributed by atoms with E-state index in [4.69, 9.17) is 16.7 Å². The van der Waals surface area contributed by atoms with E-state index in [1.807, 2.05) is 13.0 Å². The third kappa shape index (κ3) is 2.83. The minimum absolute atomic E-state index is 0.0455. The fraction of sp³-hybridized carbons (Fsp3) is 0.0667. The van der Waals surface area contributed by atoms with Gasteiger partial charge < -0.3 is 5.11 Å². The average molecular weight is 275 g/mol. The number of carboxylic acid groups (broad SMARTS) is 1. The summed E-state index contributed by atoms with van der Waals surface area (Å²) in [7, 11) is 0. The molecule has 0 spiro atoms. The molecule has 19 heavy (non-hydrogen) atoms. The van der Waals surface area contributed by atoms with E-state index in [0.717, 1.165) is 5.56 Å². The van der Waals surface area contributed by atoms with E-state index in [1.54, 1.807) is 18.2 Å². The van der Waals surface area contributed by atoms with Crippen LogP contribution in [0.5, 0.6) is 0 Å². The summed E-state index contributed by atoms with van der Waals surface area (Å²) in [6.07, 6.45) is 0. The molecule has 0 aliphatic rings. The second-order valence-electron chi connectivity index (χ2n) is 4.19. The Kier molecular flexibility index (Phi) is 3.67. The van der Waals surface area contributed by atoms with Gasteiger partial charge in [-0.3, -0.25) is 4.79 Å². The fourth-order valence-electron chi connectivity index (χ4n) is 1.83. The lowest BCUT2D eigenvalue weighted by Gasteiger charge is -2.06. The molecule has 0 aliphatic carbocycles. The zero-order chi connectivity index (χ0) is 14.0. The Bertz CT molecular complexity index is 662. The van der Waals surface area contributed by atoms with Gasteiger partial charge in [-0.2, -0.15) is 0 Å². The van der Waals surface area contributed by atoms with Crippen molar-refractivity contribution in [1.82, 2.24) is 0 Å². The molecule has 0 unspecified atom stereocenters. The van der Waals surface area contributed by atoms with Crippen LogP contribution in [0, 0.1) is 6.92 Å². The molecule has 0 aromatic heterocycles. The van der Waals surface area contributed by atoms with Crippen molar-refractivity contribution in [2.45, 2.75) is 6.92 Å². The molecule has 0 aliphatic heterocycles. The monoisotopic (exact) mass is 274 g/mol. The smallest absolute Gasteiger partial charge is 0.336 e. The summed E-state index contributed by atoms with van der Waals surface area (Å²) >= 11 is 5.84. The van der Waals surface area contributed by atoms with Crippen LogP contribution in [0.25, 0.3) is 0 Å². The molecule has 1 N–H and O–H groups in total. The molecule has 2 aromatic rings. The first-order valence-corrected chi connectivity index (χ1v) is 6.01. The first-order chi connectivity index (χ1) is 8.99. The van der Waals surface area contributed by atoms with Crippen LogP contribution in [0.15, 0.2) is 42.5 Å². The van der Waals surface area contributed by atoms with Gasteiger partial charge in [-0.15, -0.1) is 0 Å². The van der Waals surface area contributed by atoms with E-state index < -0.39 is 5.97 Å². The number of ketones is 1. The number of carbonyl (C=O) groups excluding carboxylic acids is 1. The highest BCUT2D eigenvalue weighted by atomic mass is 35.5. The summed E-state index contributed by atoms with van der Waals surface area (Å²) in [5, 5.41) is 9.45. The molecule has 0 amide bonds. The van der Waals surface area contributed by atoms with E-state index in [9.17, 15) is 9.59 Å². The summed E-state index contributed by atoms with van der Waals surface area (Å²) in [6.45, 7) is 1.87. The number of hydrogen-bond donors (Lipinski definition) is 1. The van der Waals surface area contributed by atoms with Crippen LogP contribution >= 0.6 is 11.6 Å². The molecule has 0 saturated heterocycles. The lowest BCUT2D eigenvalue weighted by Crippen LogP contribution is -2.09. The second-order valence-corrected chi connectivity index (χ2v) is 4.63. The molecule has 0 heterocycles. The molecule has 3 nitrogen and oxygen atoms in total. The molecule has 4 heteroatoms. The minimum Gasteiger partial charge on any atom is -0.478 e. The fourth-order valence-corrected chi connectivity index (χ4v) is 2.00. The third-order valence-electron chi connectivity index (χ3n) is 2.74. The molecule has 0 radical (unpaired) electrons. The zero-order valence-corrected chi connectivity index (χ0v) is 10.9. The molecular weight excluding hydrogens is 264 g/mol. The first-order valence-electron chi connectivity index (χ1n) is 5.63. The van der Waals surface area contributed by atoms with Crippen LogP contribution < -0.4 is 0 Å². The van der Waals surface area contributed by atoms with Gasteiger partial charge in [0.1, 0.15) is 0 Å². The standard InChI is InChI=1S/C15H11ClO3/c1-9-3-2-4-10(7-9)14(17)13-8-11(16)5-6-12(13)15(18)19/h2-8H,1H3,(H,18,19). The van der Waals surface area contributed by atoms with Crippen molar-refractivity contribution in [1.29, 1.82) is 0 Å². The molecular formula is C15H11ClO3. The van der Waals surface area contributed by atoms with Crippen molar-refractivity contribution < 1.29 is 14.7 Å². The van der Waals surface area contributed by atoms with E-state index >= 15 is 0 Å². The van der Waals surface area contributed by atoms with E-state index in [0.29, 0.717) is 10.6 Å². The van der Waals surface area contributed by atoms with Crippen molar-refractivity contribution in [2.75, 3.05) is 0 Å². The summed E-state index contributed by atoms with van der Waals surface area (Å²) in [4.78, 5) is 23.5. The zero-order valence-electron chi connectivity index (χ0n) is 10.2. The van der Waals surface area contributed by atoms with Crippen LogP contribution in [0.2, 0.25) is 5.02 Å². The maximum Gasteiger partial charge on any atom is 0.336 e. The van der Waals surface area contributed by atoms with Crippen molar-refractivity contribution in [2.24, 2.45) is 0 Å². The van der Waals surface area contributed by atoms with Gasteiger partial charge in [0.2, 0.25) is 0 Å². The number of halogens is 1. The Labute approximate surface area is 115 Å². The Balaban J connectivity index is 2.55. The molecule has 0 atom stereocenters. The van der Waals surface area contributed by atoms with Gasteiger partial charge in [0, 0.05) is 16.1 Å². The Morgan fingerprint density at radius 1 is 1.05 bits per heavy atom. The van der Waals surface area contributed by atoms with E-state index in [1.165, 1.54) is 18.2 Å². The number of aryl methyl sites for hydroxylation is 1. The molecule has 0 bridgehead atoms. The van der Waals surface area contributed by atoms with Crippen LogP contribution in [0.4, 0.5) is 0 Å². The Morgan fingerprint density at radius 3 is 2.42 bits per heavy atom. The average Bonchev–Trinajstić information content (AvgIpc) is 2.37. The SMILES string of the molecule is Cc1cccc(C(=O)c2cc(Cl)ccc2C(=O)O)c1. The summed E-state index contributed by atoms with van der Waals surface area (Å²) in [6, 6.07) is 11.2. The number of hydrogen-bond acceptors (Lipinski definition) is 2. The van der Waals surface area contributed by atoms with Gasteiger partial charge in [0.05, 0.1) is 5.56 Å². The molecule has 0 fully saturated rings. The lowest BCUT2D eigenvalue weighted by molar-refractivity contribution is 0.0693. The largest absolute Gasteiger partial charge is 0.478 e. The highest BCUT2D eigenvalue weighted by Crippen LogP contribution is 2.20. The molecule has 2 aromatic carbocycles. The summed E-state index contributed by atoms with van der Waals surface area (Å²) < 4.78 is 0.